The summed E-state index contributed by atoms with van der Waals surface area (Å²) in [6, 6.07) is 11.0. The highest BCUT2D eigenvalue weighted by molar-refractivity contribution is 5.89. The predicted molar refractivity (Wildman–Crippen MR) is 137 cm³/mol. The molecule has 2 heterocycles. The lowest BCUT2D eigenvalue weighted by atomic mass is 9.88. The minimum absolute atomic E-state index is 0.155. The monoisotopic (exact) mass is 480 g/mol. The van der Waals surface area contributed by atoms with Crippen molar-refractivity contribution in [3.05, 3.63) is 70.3 Å². The molecule has 7 nitrogen and oxygen atoms in total. The first-order chi connectivity index (χ1) is 16.5. The second-order valence-electron chi connectivity index (χ2n) is 9.80. The van der Waals surface area contributed by atoms with E-state index >= 15 is 0 Å². The van der Waals surface area contributed by atoms with E-state index in [1.54, 1.807) is 0 Å². The van der Waals surface area contributed by atoms with E-state index in [1.165, 1.54) is 40.7 Å². The summed E-state index contributed by atoms with van der Waals surface area (Å²) >= 11 is 0. The molecule has 1 saturated heterocycles. The predicted octanol–water partition coefficient (Wildman–Crippen LogP) is 4.48. The molecule has 0 spiro atoms. The molecular formula is C28H36N2O5. The van der Waals surface area contributed by atoms with Gasteiger partial charge in [0.15, 0.2) is 0 Å². The number of carbonyl (C=O) groups is 2. The summed E-state index contributed by atoms with van der Waals surface area (Å²) in [5, 5.41) is 15.6. The normalized spacial score (nSPS) is 20.1. The van der Waals surface area contributed by atoms with E-state index in [2.05, 4.69) is 62.9 Å². The Bertz CT molecular complexity index is 1050. The smallest absolute Gasteiger partial charge is 0.328 e. The van der Waals surface area contributed by atoms with Gasteiger partial charge in [0, 0.05) is 36.4 Å². The van der Waals surface area contributed by atoms with Crippen LogP contribution in [0.1, 0.15) is 53.5 Å². The van der Waals surface area contributed by atoms with Crippen LogP contribution < -0.4 is 10.5 Å². The Labute approximate surface area is 207 Å². The van der Waals surface area contributed by atoms with Crippen LogP contribution in [0.4, 0.5) is 5.69 Å². The van der Waals surface area contributed by atoms with Gasteiger partial charge in [-0.25, -0.2) is 9.59 Å². The van der Waals surface area contributed by atoms with Crippen LogP contribution >= 0.6 is 0 Å². The van der Waals surface area contributed by atoms with Gasteiger partial charge in [-0.2, -0.15) is 0 Å². The second-order valence-corrected chi connectivity index (χ2v) is 9.80. The average Bonchev–Trinajstić information content (AvgIpc) is 3.19. The number of ether oxygens (including phenoxy) is 1. The van der Waals surface area contributed by atoms with Crippen molar-refractivity contribution in [3.63, 3.8) is 0 Å². The van der Waals surface area contributed by atoms with E-state index in [9.17, 15) is 9.59 Å². The Morgan fingerprint density at radius 3 is 2.14 bits per heavy atom. The summed E-state index contributed by atoms with van der Waals surface area (Å²) in [5.74, 6) is -0.732. The van der Waals surface area contributed by atoms with E-state index in [-0.39, 0.29) is 5.60 Å². The van der Waals surface area contributed by atoms with Crippen molar-refractivity contribution in [1.82, 2.24) is 4.90 Å². The minimum atomic E-state index is -1.26. The van der Waals surface area contributed by atoms with Gasteiger partial charge in [-0.1, -0.05) is 30.3 Å². The molecule has 0 saturated carbocycles. The van der Waals surface area contributed by atoms with Crippen molar-refractivity contribution in [3.8, 4) is 5.75 Å². The first-order valence-corrected chi connectivity index (χ1v) is 12.0. The van der Waals surface area contributed by atoms with Gasteiger partial charge in [0.05, 0.1) is 0 Å². The van der Waals surface area contributed by atoms with Crippen molar-refractivity contribution >= 4 is 17.6 Å². The molecule has 2 aliphatic rings. The van der Waals surface area contributed by atoms with Gasteiger partial charge in [-0.05, 0) is 81.8 Å². The quantitative estimate of drug-likeness (QED) is 0.427. The SMILES string of the molecule is Cc1c(C)c2c(c(C)c1N)C[C@@](C)(CN1CCC(c3ccccc3)CC1)O2.O=C(O)/C=C/C(=O)O. The lowest BCUT2D eigenvalue weighted by molar-refractivity contribution is -0.134. The summed E-state index contributed by atoms with van der Waals surface area (Å²) < 4.78 is 6.56. The maximum atomic E-state index is 9.55. The number of carboxylic acids is 2. The Balaban J connectivity index is 0.000000371. The molecule has 4 rings (SSSR count). The number of piperidine rings is 1. The Hall–Kier alpha value is -3.32. The Morgan fingerprint density at radius 2 is 1.60 bits per heavy atom. The lowest BCUT2D eigenvalue weighted by Gasteiger charge is -2.37. The number of hydrogen-bond acceptors (Lipinski definition) is 5. The molecule has 2 aliphatic heterocycles. The number of fused-ring (bicyclic) bond motifs is 1. The van der Waals surface area contributed by atoms with Gasteiger partial charge >= 0.3 is 11.9 Å². The molecule has 0 unspecified atom stereocenters. The zero-order valence-electron chi connectivity index (χ0n) is 21.0. The number of benzene rings is 2. The lowest BCUT2D eigenvalue weighted by Crippen LogP contribution is -2.47. The molecular weight excluding hydrogens is 444 g/mol. The van der Waals surface area contributed by atoms with Gasteiger partial charge in [0.1, 0.15) is 11.4 Å². The van der Waals surface area contributed by atoms with Crippen LogP contribution in [0.3, 0.4) is 0 Å². The van der Waals surface area contributed by atoms with Crippen molar-refractivity contribution < 1.29 is 24.5 Å². The van der Waals surface area contributed by atoms with E-state index in [4.69, 9.17) is 20.7 Å². The highest BCUT2D eigenvalue weighted by atomic mass is 16.5. The second kappa shape index (κ2) is 11.0. The van der Waals surface area contributed by atoms with Gasteiger partial charge in [-0.15, -0.1) is 0 Å². The summed E-state index contributed by atoms with van der Waals surface area (Å²) in [5.41, 5.74) is 13.5. The standard InChI is InChI=1S/C24H32N2O.C4H4O4/c1-16-17(2)23-21(18(3)22(16)25)14-24(4,27-23)15-26-12-10-20(11-13-26)19-8-6-5-7-9-19;5-3(6)1-2-4(7)8/h5-9,20H,10-15,25H2,1-4H3;1-2H,(H,5,6)(H,7,8)/b;2-1+/t24-;/m0./s1. The fourth-order valence-electron chi connectivity index (χ4n) is 5.07. The summed E-state index contributed by atoms with van der Waals surface area (Å²) in [6.07, 6.45) is 4.54. The molecule has 1 atom stereocenters. The Kier molecular flexibility index (Phi) is 8.22. The molecule has 0 aliphatic carbocycles. The van der Waals surface area contributed by atoms with Gasteiger partial charge in [0.2, 0.25) is 0 Å². The van der Waals surface area contributed by atoms with Gasteiger partial charge in [-0.3, -0.25) is 4.90 Å². The number of rotatable bonds is 5. The zero-order valence-corrected chi connectivity index (χ0v) is 21.0. The molecule has 2 aromatic rings. The molecule has 0 amide bonds. The largest absolute Gasteiger partial charge is 0.485 e. The molecule has 35 heavy (non-hydrogen) atoms. The van der Waals surface area contributed by atoms with Crippen LogP contribution in [0.25, 0.3) is 0 Å². The number of nitrogens with zero attached hydrogens (tertiary/aromatic N) is 1. The number of nitrogen functional groups attached to an aromatic ring is 1. The molecule has 0 bridgehead atoms. The topological polar surface area (TPSA) is 113 Å². The Morgan fingerprint density at radius 1 is 1.03 bits per heavy atom. The number of anilines is 1. The van der Waals surface area contributed by atoms with Crippen LogP contribution in [-0.2, 0) is 16.0 Å². The van der Waals surface area contributed by atoms with Crippen LogP contribution in [-0.4, -0.2) is 52.3 Å². The zero-order chi connectivity index (χ0) is 25.8. The van der Waals surface area contributed by atoms with Crippen molar-refractivity contribution in [2.24, 2.45) is 0 Å². The average molecular weight is 481 g/mol. The van der Waals surface area contributed by atoms with E-state index in [0.717, 1.165) is 37.5 Å². The number of carboxylic acid groups (broad SMARTS) is 2. The number of likely N-dealkylation sites (tertiary alicyclic amines) is 1. The first-order valence-electron chi connectivity index (χ1n) is 12.0. The fraction of sp³-hybridized carbons (Fsp3) is 0.429. The maximum absolute atomic E-state index is 9.55. The van der Waals surface area contributed by atoms with Gasteiger partial charge in [0.25, 0.3) is 0 Å². The minimum Gasteiger partial charge on any atom is -0.485 e. The molecule has 7 heteroatoms. The number of nitrogens with two attached hydrogens (primary N) is 1. The highest BCUT2D eigenvalue weighted by Gasteiger charge is 2.39. The van der Waals surface area contributed by atoms with E-state index < -0.39 is 11.9 Å². The number of aliphatic carboxylic acids is 2. The van der Waals surface area contributed by atoms with Gasteiger partial charge < -0.3 is 20.7 Å². The molecule has 0 radical (unpaired) electrons. The molecule has 188 valence electrons. The fourth-order valence-corrected chi connectivity index (χ4v) is 5.07. The van der Waals surface area contributed by atoms with E-state index in [0.29, 0.717) is 18.1 Å². The molecule has 0 aromatic heterocycles. The molecule has 1 fully saturated rings. The highest BCUT2D eigenvalue weighted by Crippen LogP contribution is 2.44. The maximum Gasteiger partial charge on any atom is 0.328 e. The first kappa shape index (κ1) is 26.3. The third-order valence-electron chi connectivity index (χ3n) is 7.12. The molecule has 2 aromatic carbocycles. The number of hydrogen-bond donors (Lipinski definition) is 3. The van der Waals surface area contributed by atoms with E-state index in [1.807, 2.05) is 0 Å². The summed E-state index contributed by atoms with van der Waals surface area (Å²) in [4.78, 5) is 21.7. The van der Waals surface area contributed by atoms with Crippen LogP contribution in [0, 0.1) is 20.8 Å². The van der Waals surface area contributed by atoms with Crippen LogP contribution in [0.5, 0.6) is 5.75 Å². The third-order valence-corrected chi connectivity index (χ3v) is 7.12. The summed E-state index contributed by atoms with van der Waals surface area (Å²) in [7, 11) is 0. The van der Waals surface area contributed by atoms with Crippen LogP contribution in [0.15, 0.2) is 42.5 Å². The van der Waals surface area contributed by atoms with Crippen molar-refractivity contribution in [2.75, 3.05) is 25.4 Å². The van der Waals surface area contributed by atoms with Crippen molar-refractivity contribution in [1.29, 1.82) is 0 Å². The summed E-state index contributed by atoms with van der Waals surface area (Å²) in [6.45, 7) is 11.9. The van der Waals surface area contributed by atoms with Crippen molar-refractivity contribution in [2.45, 2.75) is 58.5 Å². The van der Waals surface area contributed by atoms with Crippen LogP contribution in [0.2, 0.25) is 0 Å². The third kappa shape index (κ3) is 6.42. The molecule has 4 N–H and O–H groups in total.